The molecule has 4 aromatic rings. The van der Waals surface area contributed by atoms with Crippen molar-refractivity contribution in [3.63, 3.8) is 0 Å². The van der Waals surface area contributed by atoms with Gasteiger partial charge in [0.2, 0.25) is 10.0 Å². The van der Waals surface area contributed by atoms with E-state index in [1.807, 2.05) is 48.5 Å². The van der Waals surface area contributed by atoms with Gasteiger partial charge in [0.15, 0.2) is 0 Å². The lowest BCUT2D eigenvalue weighted by atomic mass is 9.78. The van der Waals surface area contributed by atoms with Gasteiger partial charge < -0.3 is 10.1 Å². The summed E-state index contributed by atoms with van der Waals surface area (Å²) in [6.45, 7) is 4.27. The number of anilines is 2. The van der Waals surface area contributed by atoms with Crippen LogP contribution >= 0.6 is 11.3 Å². The normalized spacial score (nSPS) is 11.9. The molecule has 1 amide bonds. The predicted molar refractivity (Wildman–Crippen MR) is 140 cm³/mol. The third-order valence-electron chi connectivity index (χ3n) is 5.68. The van der Waals surface area contributed by atoms with Gasteiger partial charge in [0.25, 0.3) is 5.91 Å². The number of amides is 1. The molecule has 0 saturated heterocycles. The van der Waals surface area contributed by atoms with Crippen LogP contribution in [-0.4, -0.2) is 27.7 Å². The summed E-state index contributed by atoms with van der Waals surface area (Å²) in [6.07, 6.45) is 1.10. The van der Waals surface area contributed by atoms with E-state index in [4.69, 9.17) is 4.74 Å². The number of rotatable bonds is 7. The summed E-state index contributed by atoms with van der Waals surface area (Å²) in [4.78, 5) is 13.5. The summed E-state index contributed by atoms with van der Waals surface area (Å²) in [5, 5.41) is 3.80. The summed E-state index contributed by atoms with van der Waals surface area (Å²) in [7, 11) is -1.72. The first-order chi connectivity index (χ1) is 16.0. The Morgan fingerprint density at radius 2 is 1.62 bits per heavy atom. The maximum atomic E-state index is 13.0. The van der Waals surface area contributed by atoms with E-state index < -0.39 is 10.0 Å². The Morgan fingerprint density at radius 1 is 0.912 bits per heavy atom. The zero-order chi connectivity index (χ0) is 24.5. The minimum absolute atomic E-state index is 0.213. The second kappa shape index (κ2) is 9.12. The maximum Gasteiger partial charge on any atom is 0.265 e. The summed E-state index contributed by atoms with van der Waals surface area (Å²) in [6, 6.07) is 22.8. The smallest absolute Gasteiger partial charge is 0.265 e. The third kappa shape index (κ3) is 5.24. The SMILES string of the molecule is COc1cccc(C(C)(C)c2cccc(NC(=O)c3cc4cc(NS(C)(=O)=O)ccc4s3)c2)c1. The number of benzene rings is 3. The summed E-state index contributed by atoms with van der Waals surface area (Å²) in [5.74, 6) is 0.588. The monoisotopic (exact) mass is 494 g/mol. The van der Waals surface area contributed by atoms with Gasteiger partial charge in [0.1, 0.15) is 5.75 Å². The van der Waals surface area contributed by atoms with Crippen LogP contribution in [-0.2, 0) is 15.4 Å². The molecule has 34 heavy (non-hydrogen) atoms. The van der Waals surface area contributed by atoms with Crippen LogP contribution in [0.2, 0.25) is 0 Å². The number of sulfonamides is 1. The predicted octanol–water partition coefficient (Wildman–Crippen LogP) is 5.86. The molecule has 0 bridgehead atoms. The number of fused-ring (bicyclic) bond motifs is 1. The van der Waals surface area contributed by atoms with Gasteiger partial charge in [-0.25, -0.2) is 8.42 Å². The molecule has 8 heteroatoms. The van der Waals surface area contributed by atoms with E-state index in [2.05, 4.69) is 30.0 Å². The molecule has 0 saturated carbocycles. The van der Waals surface area contributed by atoms with Crippen LogP contribution < -0.4 is 14.8 Å². The van der Waals surface area contributed by atoms with E-state index in [-0.39, 0.29) is 11.3 Å². The van der Waals surface area contributed by atoms with E-state index >= 15 is 0 Å². The van der Waals surface area contributed by atoms with E-state index in [9.17, 15) is 13.2 Å². The van der Waals surface area contributed by atoms with Crippen LogP contribution in [0.15, 0.2) is 72.8 Å². The topological polar surface area (TPSA) is 84.5 Å². The highest BCUT2D eigenvalue weighted by atomic mass is 32.2. The standard InChI is InChI=1S/C26H26N2O4S2/c1-26(2,19-8-6-10-22(16-19)32-3)18-7-5-9-20(15-18)27-25(29)24-14-17-13-21(28-34(4,30)31)11-12-23(17)33-24/h5-16,28H,1-4H3,(H,27,29). The Balaban J connectivity index is 1.57. The highest BCUT2D eigenvalue weighted by Gasteiger charge is 2.24. The number of nitrogens with one attached hydrogen (secondary N) is 2. The fourth-order valence-corrected chi connectivity index (χ4v) is 5.28. The lowest BCUT2D eigenvalue weighted by molar-refractivity contribution is 0.103. The zero-order valence-corrected chi connectivity index (χ0v) is 21.0. The molecule has 0 radical (unpaired) electrons. The number of hydrogen-bond donors (Lipinski definition) is 2. The van der Waals surface area contributed by atoms with E-state index in [1.165, 1.54) is 11.3 Å². The van der Waals surface area contributed by atoms with Gasteiger partial charge in [0, 0.05) is 21.5 Å². The lowest BCUT2D eigenvalue weighted by Crippen LogP contribution is -2.19. The number of thiophene rings is 1. The molecule has 0 aliphatic carbocycles. The largest absolute Gasteiger partial charge is 0.497 e. The molecule has 0 aliphatic heterocycles. The Hall–Kier alpha value is -3.36. The molecule has 4 rings (SSSR count). The molecule has 0 atom stereocenters. The van der Waals surface area contributed by atoms with E-state index in [1.54, 1.807) is 25.3 Å². The summed E-state index contributed by atoms with van der Waals surface area (Å²) >= 11 is 1.36. The van der Waals surface area contributed by atoms with Gasteiger partial charge in [-0.15, -0.1) is 11.3 Å². The molecule has 1 aromatic heterocycles. The van der Waals surface area contributed by atoms with Crippen molar-refractivity contribution in [3.8, 4) is 5.75 Å². The molecular weight excluding hydrogens is 468 g/mol. The Bertz CT molecular complexity index is 1470. The third-order valence-corrected chi connectivity index (χ3v) is 7.40. The molecule has 0 unspecified atom stereocenters. The molecule has 6 nitrogen and oxygen atoms in total. The van der Waals surface area contributed by atoms with Gasteiger partial charge in [-0.3, -0.25) is 9.52 Å². The van der Waals surface area contributed by atoms with Crippen LogP contribution in [0, 0.1) is 0 Å². The number of hydrogen-bond acceptors (Lipinski definition) is 5. The van der Waals surface area contributed by atoms with Crippen LogP contribution in [0.1, 0.15) is 34.6 Å². The molecule has 0 spiro atoms. The summed E-state index contributed by atoms with van der Waals surface area (Å²) in [5.41, 5.74) is 3.04. The number of ether oxygens (including phenoxy) is 1. The van der Waals surface area contributed by atoms with Crippen LogP contribution in [0.3, 0.4) is 0 Å². The Kier molecular flexibility index (Phi) is 6.38. The van der Waals surface area contributed by atoms with Crippen molar-refractivity contribution in [1.29, 1.82) is 0 Å². The van der Waals surface area contributed by atoms with Crippen molar-refractivity contribution < 1.29 is 17.9 Å². The zero-order valence-electron chi connectivity index (χ0n) is 19.4. The summed E-state index contributed by atoms with van der Waals surface area (Å²) < 4.78 is 31.7. The van der Waals surface area contributed by atoms with Crippen molar-refractivity contribution >= 4 is 48.7 Å². The van der Waals surface area contributed by atoms with Crippen molar-refractivity contribution in [2.75, 3.05) is 23.4 Å². The maximum absolute atomic E-state index is 13.0. The first-order valence-electron chi connectivity index (χ1n) is 10.6. The van der Waals surface area contributed by atoms with Gasteiger partial charge >= 0.3 is 0 Å². The number of carbonyl (C=O) groups excluding carboxylic acids is 1. The van der Waals surface area contributed by atoms with Crippen LogP contribution in [0.4, 0.5) is 11.4 Å². The molecule has 0 fully saturated rings. The molecule has 176 valence electrons. The van der Waals surface area contributed by atoms with Gasteiger partial charge in [0.05, 0.1) is 18.2 Å². The molecule has 0 aliphatic rings. The highest BCUT2D eigenvalue weighted by molar-refractivity contribution is 7.92. The van der Waals surface area contributed by atoms with E-state index in [0.29, 0.717) is 16.3 Å². The second-order valence-corrected chi connectivity index (χ2v) is 11.5. The van der Waals surface area contributed by atoms with Gasteiger partial charge in [-0.1, -0.05) is 38.1 Å². The highest BCUT2D eigenvalue weighted by Crippen LogP contribution is 2.35. The first kappa shape index (κ1) is 23.8. The quantitative estimate of drug-likeness (QED) is 0.337. The Labute approximate surface area is 203 Å². The molecule has 1 heterocycles. The van der Waals surface area contributed by atoms with Crippen molar-refractivity contribution in [2.24, 2.45) is 0 Å². The minimum Gasteiger partial charge on any atom is -0.497 e. The Morgan fingerprint density at radius 3 is 2.32 bits per heavy atom. The van der Waals surface area contributed by atoms with Crippen molar-refractivity contribution in [2.45, 2.75) is 19.3 Å². The van der Waals surface area contributed by atoms with Gasteiger partial charge in [-0.05, 0) is 65.0 Å². The molecule has 2 N–H and O–H groups in total. The lowest BCUT2D eigenvalue weighted by Gasteiger charge is -2.27. The van der Waals surface area contributed by atoms with Crippen molar-refractivity contribution in [1.82, 2.24) is 0 Å². The average molecular weight is 495 g/mol. The first-order valence-corrected chi connectivity index (χ1v) is 13.3. The van der Waals surface area contributed by atoms with Crippen molar-refractivity contribution in [3.05, 3.63) is 88.8 Å². The van der Waals surface area contributed by atoms with Crippen LogP contribution in [0.25, 0.3) is 10.1 Å². The molecular formula is C26H26N2O4S2. The number of carbonyl (C=O) groups is 1. The average Bonchev–Trinajstić information content (AvgIpc) is 3.22. The minimum atomic E-state index is -3.37. The fraction of sp³-hybridized carbons (Fsp3) is 0.192. The number of methoxy groups -OCH3 is 1. The van der Waals surface area contributed by atoms with Crippen LogP contribution in [0.5, 0.6) is 5.75 Å². The molecule has 3 aromatic carbocycles. The fourth-order valence-electron chi connectivity index (χ4n) is 3.79. The van der Waals surface area contributed by atoms with Gasteiger partial charge in [-0.2, -0.15) is 0 Å². The van der Waals surface area contributed by atoms with E-state index in [0.717, 1.165) is 33.2 Å². The second-order valence-electron chi connectivity index (χ2n) is 8.63.